The average molecular weight is 392 g/mol. The summed E-state index contributed by atoms with van der Waals surface area (Å²) in [5.74, 6) is -0.121. The highest BCUT2D eigenvalue weighted by molar-refractivity contribution is 7.93. The minimum Gasteiger partial charge on any atom is -0.495 e. The topological polar surface area (TPSA) is 107 Å². The fourth-order valence-electron chi connectivity index (χ4n) is 2.72. The fraction of sp³-hybridized carbons (Fsp3) is 0.333. The van der Waals surface area contributed by atoms with E-state index < -0.39 is 26.4 Å². The Balaban J connectivity index is 1.99. The number of pyridine rings is 1. The molecule has 144 valence electrons. The number of nitrogens with two attached hydrogens (primary N) is 1. The van der Waals surface area contributed by atoms with Gasteiger partial charge in [0.25, 0.3) is 0 Å². The summed E-state index contributed by atoms with van der Waals surface area (Å²) in [6.07, 6.45) is 0. The number of aromatic nitrogens is 1. The van der Waals surface area contributed by atoms with E-state index in [-0.39, 0.29) is 17.3 Å². The van der Waals surface area contributed by atoms with Crippen molar-refractivity contribution < 1.29 is 17.5 Å². The number of hydrogen-bond donors (Lipinski definition) is 2. The van der Waals surface area contributed by atoms with Crippen molar-refractivity contribution >= 4 is 27.2 Å². The van der Waals surface area contributed by atoms with Crippen LogP contribution >= 0.6 is 0 Å². The van der Waals surface area contributed by atoms with Gasteiger partial charge in [0.2, 0.25) is 0 Å². The number of nitrogens with zero attached hydrogens (tertiary/aromatic N) is 2. The fourth-order valence-corrected chi connectivity index (χ4v) is 4.16. The predicted octanol–water partition coefficient (Wildman–Crippen LogP) is 2.58. The summed E-state index contributed by atoms with van der Waals surface area (Å²) in [6, 6.07) is 8.87. The van der Waals surface area contributed by atoms with Crippen molar-refractivity contribution in [3.63, 3.8) is 0 Å². The van der Waals surface area contributed by atoms with Crippen molar-refractivity contribution in [3.8, 4) is 5.75 Å². The Kier molecular flexibility index (Phi) is 4.81. The van der Waals surface area contributed by atoms with E-state index >= 15 is 0 Å². The highest BCUT2D eigenvalue weighted by atomic mass is 32.2. The molecule has 0 saturated heterocycles. The van der Waals surface area contributed by atoms with Gasteiger partial charge in [0.05, 0.1) is 18.6 Å². The number of amidine groups is 1. The molecule has 27 heavy (non-hydrogen) atoms. The number of rotatable bonds is 4. The van der Waals surface area contributed by atoms with E-state index in [0.29, 0.717) is 17.3 Å². The summed E-state index contributed by atoms with van der Waals surface area (Å²) in [5.41, 5.74) is 6.43. The van der Waals surface area contributed by atoms with Crippen LogP contribution in [0.4, 0.5) is 15.9 Å². The van der Waals surface area contributed by atoms with Gasteiger partial charge in [-0.15, -0.1) is 0 Å². The molecule has 1 aliphatic rings. The Morgan fingerprint density at radius 3 is 2.63 bits per heavy atom. The van der Waals surface area contributed by atoms with Crippen LogP contribution in [0.1, 0.15) is 25.6 Å². The second-order valence-electron chi connectivity index (χ2n) is 6.71. The first-order valence-corrected chi connectivity index (χ1v) is 9.93. The van der Waals surface area contributed by atoms with Crippen LogP contribution in [0.25, 0.3) is 0 Å². The first kappa shape index (κ1) is 19.1. The van der Waals surface area contributed by atoms with Crippen molar-refractivity contribution in [3.05, 3.63) is 47.9 Å². The molecule has 0 unspecified atom stereocenters. The van der Waals surface area contributed by atoms with Crippen LogP contribution in [0.3, 0.4) is 0 Å². The van der Waals surface area contributed by atoms with Crippen LogP contribution in [0, 0.1) is 5.82 Å². The number of aliphatic imine (C=N–C) groups is 1. The molecule has 0 radical (unpaired) electrons. The lowest BCUT2D eigenvalue weighted by atomic mass is 10.1. The Morgan fingerprint density at radius 1 is 1.26 bits per heavy atom. The van der Waals surface area contributed by atoms with Gasteiger partial charge in [-0.05, 0) is 38.1 Å². The molecular formula is C18H21FN4O3S. The van der Waals surface area contributed by atoms with Gasteiger partial charge in [-0.2, -0.15) is 0 Å². The van der Waals surface area contributed by atoms with Gasteiger partial charge in [0.15, 0.2) is 9.84 Å². The highest BCUT2D eigenvalue weighted by Gasteiger charge is 2.44. The molecule has 1 atom stereocenters. The molecule has 0 spiro atoms. The molecule has 7 nitrogen and oxygen atoms in total. The van der Waals surface area contributed by atoms with Gasteiger partial charge >= 0.3 is 0 Å². The normalized spacial score (nSPS) is 20.6. The van der Waals surface area contributed by atoms with E-state index in [0.717, 1.165) is 0 Å². The van der Waals surface area contributed by atoms with Crippen LogP contribution in [-0.2, 0) is 9.84 Å². The largest absolute Gasteiger partial charge is 0.495 e. The number of halogens is 1. The zero-order chi connectivity index (χ0) is 19.8. The van der Waals surface area contributed by atoms with Gasteiger partial charge in [-0.3, -0.25) is 4.99 Å². The molecule has 0 saturated carbocycles. The predicted molar refractivity (Wildman–Crippen MR) is 103 cm³/mol. The molecule has 1 aromatic heterocycles. The minimum atomic E-state index is -3.61. The number of para-hydroxylation sites is 2. The number of anilines is 2. The summed E-state index contributed by atoms with van der Waals surface area (Å²) in [4.78, 5) is 8.45. The maximum atomic E-state index is 14.4. The van der Waals surface area contributed by atoms with Gasteiger partial charge in [0.1, 0.15) is 39.7 Å². The Bertz CT molecular complexity index is 1010. The molecule has 1 aromatic carbocycles. The smallest absolute Gasteiger partial charge is 0.165 e. The first-order chi connectivity index (χ1) is 12.7. The SMILES string of the molecule is COc1ccccc1Nc1ccc(F)c([C@@H]2CS(=O)(=O)C(C)(C)C(N)=N2)n1. The van der Waals surface area contributed by atoms with Crippen molar-refractivity contribution in [2.24, 2.45) is 10.7 Å². The van der Waals surface area contributed by atoms with E-state index in [9.17, 15) is 12.8 Å². The van der Waals surface area contributed by atoms with Crippen LogP contribution in [0.15, 0.2) is 41.4 Å². The standard InChI is InChI=1S/C18H21FN4O3S/c1-18(2)17(20)22-13(10-27(18,24)25)16-11(19)8-9-15(23-16)21-12-6-4-5-7-14(12)26-3/h4-9,13H,10H2,1-3H3,(H2,20,22)(H,21,23)/t13-/m0/s1. The zero-order valence-corrected chi connectivity index (χ0v) is 16.0. The van der Waals surface area contributed by atoms with Crippen molar-refractivity contribution in [1.29, 1.82) is 0 Å². The number of hydrogen-bond acceptors (Lipinski definition) is 7. The molecule has 0 amide bonds. The third-order valence-corrected chi connectivity index (χ3v) is 7.14. The summed E-state index contributed by atoms with van der Waals surface area (Å²) < 4.78 is 43.4. The monoisotopic (exact) mass is 392 g/mol. The summed E-state index contributed by atoms with van der Waals surface area (Å²) >= 11 is 0. The van der Waals surface area contributed by atoms with Crippen molar-refractivity contribution in [1.82, 2.24) is 4.98 Å². The van der Waals surface area contributed by atoms with E-state index in [2.05, 4.69) is 15.3 Å². The van der Waals surface area contributed by atoms with Crippen molar-refractivity contribution in [2.45, 2.75) is 24.6 Å². The molecule has 1 aliphatic heterocycles. The van der Waals surface area contributed by atoms with E-state index in [1.807, 2.05) is 12.1 Å². The molecule has 2 heterocycles. The Labute approximate surface area is 157 Å². The molecular weight excluding hydrogens is 371 g/mol. The summed E-state index contributed by atoms with van der Waals surface area (Å²) in [5, 5.41) is 3.05. The lowest BCUT2D eigenvalue weighted by Gasteiger charge is -2.31. The molecule has 9 heteroatoms. The highest BCUT2D eigenvalue weighted by Crippen LogP contribution is 2.33. The summed E-state index contributed by atoms with van der Waals surface area (Å²) in [7, 11) is -2.07. The molecule has 0 bridgehead atoms. The van der Waals surface area contributed by atoms with E-state index in [4.69, 9.17) is 10.5 Å². The Morgan fingerprint density at radius 2 is 1.96 bits per heavy atom. The maximum Gasteiger partial charge on any atom is 0.165 e. The van der Waals surface area contributed by atoms with Gasteiger partial charge < -0.3 is 15.8 Å². The quantitative estimate of drug-likeness (QED) is 0.828. The maximum absolute atomic E-state index is 14.4. The zero-order valence-electron chi connectivity index (χ0n) is 15.2. The van der Waals surface area contributed by atoms with Gasteiger partial charge in [-0.25, -0.2) is 17.8 Å². The molecule has 3 N–H and O–H groups in total. The van der Waals surface area contributed by atoms with Crippen LogP contribution in [0.5, 0.6) is 5.75 Å². The van der Waals surface area contributed by atoms with Gasteiger partial charge in [-0.1, -0.05) is 12.1 Å². The second-order valence-corrected chi connectivity index (χ2v) is 9.29. The second kappa shape index (κ2) is 6.80. The lowest BCUT2D eigenvalue weighted by Crippen LogP contribution is -2.50. The average Bonchev–Trinajstić information content (AvgIpc) is 2.61. The number of ether oxygens (including phenoxy) is 1. The van der Waals surface area contributed by atoms with E-state index in [1.54, 1.807) is 12.1 Å². The molecule has 3 rings (SSSR count). The minimum absolute atomic E-state index is 0.0527. The van der Waals surface area contributed by atoms with Gasteiger partial charge in [0, 0.05) is 0 Å². The lowest BCUT2D eigenvalue weighted by molar-refractivity contribution is 0.417. The van der Waals surface area contributed by atoms with Crippen LogP contribution < -0.4 is 15.8 Å². The Hall–Kier alpha value is -2.68. The van der Waals surface area contributed by atoms with E-state index in [1.165, 1.54) is 33.1 Å². The third kappa shape index (κ3) is 3.46. The molecule has 0 aliphatic carbocycles. The molecule has 0 fully saturated rings. The number of sulfone groups is 1. The number of methoxy groups -OCH3 is 1. The van der Waals surface area contributed by atoms with Crippen LogP contribution in [-0.4, -0.2) is 36.8 Å². The molecule has 2 aromatic rings. The first-order valence-electron chi connectivity index (χ1n) is 8.28. The third-order valence-electron chi connectivity index (χ3n) is 4.63. The number of benzene rings is 1. The van der Waals surface area contributed by atoms with Crippen molar-refractivity contribution in [2.75, 3.05) is 18.2 Å². The summed E-state index contributed by atoms with van der Waals surface area (Å²) in [6.45, 7) is 2.97. The van der Waals surface area contributed by atoms with Crippen LogP contribution in [0.2, 0.25) is 0 Å². The number of nitrogens with one attached hydrogen (secondary N) is 1.